The quantitative estimate of drug-likeness (QED) is 0.771. The largest absolute Gasteiger partial charge is 0.375 e. The van der Waals surface area contributed by atoms with E-state index in [0.717, 1.165) is 19.7 Å². The van der Waals surface area contributed by atoms with Gasteiger partial charge in [-0.1, -0.05) is 0 Å². The molecule has 0 bridgehead atoms. The molecule has 4 heteroatoms. The van der Waals surface area contributed by atoms with Gasteiger partial charge in [-0.3, -0.25) is 4.90 Å². The van der Waals surface area contributed by atoms with Crippen LogP contribution in [0.2, 0.25) is 0 Å². The van der Waals surface area contributed by atoms with Crippen LogP contribution in [0.5, 0.6) is 0 Å². The Bertz CT molecular complexity index is 217. The lowest BCUT2D eigenvalue weighted by Gasteiger charge is -2.34. The molecule has 0 saturated carbocycles. The van der Waals surface area contributed by atoms with Crippen LogP contribution in [0.25, 0.3) is 0 Å². The zero-order valence-corrected chi connectivity index (χ0v) is 11.3. The van der Waals surface area contributed by atoms with E-state index in [1.807, 2.05) is 0 Å². The molecule has 100 valence electrons. The maximum Gasteiger partial charge on any atom is 0.0726 e. The summed E-state index contributed by atoms with van der Waals surface area (Å²) in [6.07, 6.45) is 2.90. The summed E-state index contributed by atoms with van der Waals surface area (Å²) in [7, 11) is 2.20. The van der Waals surface area contributed by atoms with E-state index in [4.69, 9.17) is 4.74 Å². The molecule has 2 aliphatic heterocycles. The minimum atomic E-state index is 0.427. The van der Waals surface area contributed by atoms with Gasteiger partial charge in [0, 0.05) is 38.8 Å². The van der Waals surface area contributed by atoms with E-state index < -0.39 is 0 Å². The minimum absolute atomic E-state index is 0.427. The maximum atomic E-state index is 6.01. The first kappa shape index (κ1) is 13.3. The third-order valence-corrected chi connectivity index (χ3v) is 4.02. The molecule has 0 amide bonds. The van der Waals surface area contributed by atoms with Crippen LogP contribution in [0.4, 0.5) is 0 Å². The van der Waals surface area contributed by atoms with Crippen molar-refractivity contribution in [3.05, 3.63) is 0 Å². The monoisotopic (exact) mass is 241 g/mol. The summed E-state index contributed by atoms with van der Waals surface area (Å²) in [5.74, 6) is 0. The Hall–Kier alpha value is -0.160. The summed E-state index contributed by atoms with van der Waals surface area (Å²) < 4.78 is 6.01. The predicted octanol–water partition coefficient (Wildman–Crippen LogP) is 0.391. The van der Waals surface area contributed by atoms with Gasteiger partial charge < -0.3 is 15.0 Å². The fraction of sp³-hybridized carbons (Fsp3) is 1.00. The lowest BCUT2D eigenvalue weighted by molar-refractivity contribution is -0.00218. The van der Waals surface area contributed by atoms with Crippen LogP contribution in [0, 0.1) is 0 Å². The summed E-state index contributed by atoms with van der Waals surface area (Å²) in [5.41, 5.74) is 0. The Morgan fingerprint density at radius 3 is 2.71 bits per heavy atom. The molecular weight excluding hydrogens is 214 g/mol. The van der Waals surface area contributed by atoms with Gasteiger partial charge in [0.25, 0.3) is 0 Å². The molecule has 0 aromatic rings. The minimum Gasteiger partial charge on any atom is -0.375 e. The van der Waals surface area contributed by atoms with Gasteiger partial charge in [-0.25, -0.2) is 0 Å². The van der Waals surface area contributed by atoms with Gasteiger partial charge in [0.1, 0.15) is 0 Å². The van der Waals surface area contributed by atoms with Crippen molar-refractivity contribution in [1.82, 2.24) is 15.1 Å². The third kappa shape index (κ3) is 4.21. The van der Waals surface area contributed by atoms with Gasteiger partial charge >= 0.3 is 0 Å². The Labute approximate surface area is 105 Å². The van der Waals surface area contributed by atoms with Crippen molar-refractivity contribution in [3.8, 4) is 0 Å². The number of hydrogen-bond donors (Lipinski definition) is 1. The molecule has 4 nitrogen and oxygen atoms in total. The van der Waals surface area contributed by atoms with Gasteiger partial charge in [-0.2, -0.15) is 0 Å². The molecular formula is C13H27N3O. The number of ether oxygens (including phenoxy) is 1. The fourth-order valence-corrected chi connectivity index (χ4v) is 2.65. The van der Waals surface area contributed by atoms with E-state index in [-0.39, 0.29) is 0 Å². The second-order valence-corrected chi connectivity index (χ2v) is 5.44. The molecule has 0 aromatic carbocycles. The molecule has 2 unspecified atom stereocenters. The number of nitrogens with zero attached hydrogens (tertiary/aromatic N) is 2. The number of piperidine rings is 1. The lowest BCUT2D eigenvalue weighted by Crippen LogP contribution is -2.47. The molecule has 2 saturated heterocycles. The summed E-state index contributed by atoms with van der Waals surface area (Å²) in [4.78, 5) is 4.91. The zero-order chi connectivity index (χ0) is 12.1. The Morgan fingerprint density at radius 1 is 1.24 bits per heavy atom. The molecule has 0 aliphatic carbocycles. The summed E-state index contributed by atoms with van der Waals surface area (Å²) >= 11 is 0. The van der Waals surface area contributed by atoms with Gasteiger partial charge in [0.05, 0.1) is 12.7 Å². The van der Waals surface area contributed by atoms with Gasteiger partial charge in [0.15, 0.2) is 0 Å². The first-order valence-corrected chi connectivity index (χ1v) is 7.01. The van der Waals surface area contributed by atoms with Crippen molar-refractivity contribution in [2.45, 2.75) is 31.9 Å². The Morgan fingerprint density at radius 2 is 2.00 bits per heavy atom. The number of likely N-dealkylation sites (N-methyl/N-ethyl adjacent to an activating group) is 1. The second kappa shape index (κ2) is 6.69. The van der Waals surface area contributed by atoms with Crippen molar-refractivity contribution < 1.29 is 4.74 Å². The van der Waals surface area contributed by atoms with E-state index in [0.29, 0.717) is 12.1 Å². The van der Waals surface area contributed by atoms with Crippen LogP contribution in [-0.4, -0.2) is 74.9 Å². The van der Waals surface area contributed by atoms with Crippen LogP contribution >= 0.6 is 0 Å². The molecule has 2 aliphatic rings. The van der Waals surface area contributed by atoms with Crippen molar-refractivity contribution in [1.29, 1.82) is 0 Å². The smallest absolute Gasteiger partial charge is 0.0726 e. The van der Waals surface area contributed by atoms with Gasteiger partial charge in [-0.15, -0.1) is 0 Å². The van der Waals surface area contributed by atoms with E-state index >= 15 is 0 Å². The number of nitrogens with one attached hydrogen (secondary N) is 1. The zero-order valence-electron chi connectivity index (χ0n) is 11.3. The molecule has 1 N–H and O–H groups in total. The van der Waals surface area contributed by atoms with Gasteiger partial charge in [-0.05, 0) is 33.4 Å². The topological polar surface area (TPSA) is 27.7 Å². The standard InChI is InChI=1S/C13H27N3O/c1-12-13(4-3-5-14-12)17-11-10-16-8-6-15(2)7-9-16/h12-14H,3-11H2,1-2H3. The number of piperazine rings is 1. The summed E-state index contributed by atoms with van der Waals surface area (Å²) in [6.45, 7) is 10.1. The van der Waals surface area contributed by atoms with Crippen LogP contribution in [0.1, 0.15) is 19.8 Å². The second-order valence-electron chi connectivity index (χ2n) is 5.44. The first-order valence-electron chi connectivity index (χ1n) is 7.01. The predicted molar refractivity (Wildman–Crippen MR) is 70.4 cm³/mol. The lowest BCUT2D eigenvalue weighted by atomic mass is 10.0. The molecule has 0 aromatic heterocycles. The van der Waals surface area contributed by atoms with Crippen molar-refractivity contribution in [2.75, 3.05) is 52.9 Å². The highest BCUT2D eigenvalue weighted by atomic mass is 16.5. The molecule has 0 spiro atoms. The highest BCUT2D eigenvalue weighted by Crippen LogP contribution is 2.12. The van der Waals surface area contributed by atoms with Gasteiger partial charge in [0.2, 0.25) is 0 Å². The highest BCUT2D eigenvalue weighted by molar-refractivity contribution is 4.78. The third-order valence-electron chi connectivity index (χ3n) is 4.02. The van der Waals surface area contributed by atoms with Crippen LogP contribution < -0.4 is 5.32 Å². The van der Waals surface area contributed by atoms with Crippen molar-refractivity contribution >= 4 is 0 Å². The van der Waals surface area contributed by atoms with E-state index in [1.165, 1.54) is 39.0 Å². The fourth-order valence-electron chi connectivity index (χ4n) is 2.65. The van der Waals surface area contributed by atoms with Crippen molar-refractivity contribution in [2.24, 2.45) is 0 Å². The Balaban J connectivity index is 1.59. The highest BCUT2D eigenvalue weighted by Gasteiger charge is 2.21. The molecule has 2 heterocycles. The van der Waals surface area contributed by atoms with E-state index in [9.17, 15) is 0 Å². The normalized spacial score (nSPS) is 32.8. The molecule has 2 atom stereocenters. The van der Waals surface area contributed by atoms with Crippen molar-refractivity contribution in [3.63, 3.8) is 0 Å². The SMILES string of the molecule is CC1NCCCC1OCCN1CCN(C)CC1. The average molecular weight is 241 g/mol. The van der Waals surface area contributed by atoms with Crippen LogP contribution in [0.15, 0.2) is 0 Å². The first-order chi connectivity index (χ1) is 8.25. The molecule has 2 fully saturated rings. The van der Waals surface area contributed by atoms with E-state index in [2.05, 4.69) is 29.1 Å². The summed E-state index contributed by atoms with van der Waals surface area (Å²) in [6, 6.07) is 0.524. The molecule has 2 rings (SSSR count). The summed E-state index contributed by atoms with van der Waals surface area (Å²) in [5, 5.41) is 3.48. The Kier molecular flexibility index (Phi) is 5.22. The number of hydrogen-bond acceptors (Lipinski definition) is 4. The average Bonchev–Trinajstić information content (AvgIpc) is 2.34. The molecule has 0 radical (unpaired) electrons. The van der Waals surface area contributed by atoms with Crippen LogP contribution in [-0.2, 0) is 4.74 Å². The van der Waals surface area contributed by atoms with Crippen LogP contribution in [0.3, 0.4) is 0 Å². The number of rotatable bonds is 4. The maximum absolute atomic E-state index is 6.01. The van der Waals surface area contributed by atoms with E-state index in [1.54, 1.807) is 0 Å². The molecule has 17 heavy (non-hydrogen) atoms.